The predicted octanol–water partition coefficient (Wildman–Crippen LogP) is -0.106. The van der Waals surface area contributed by atoms with Crippen molar-refractivity contribution < 1.29 is 14.6 Å². The summed E-state index contributed by atoms with van der Waals surface area (Å²) in [5, 5.41) is 19.0. The molecule has 4 atom stereocenters. The Hall–Kier alpha value is -1.08. The van der Waals surface area contributed by atoms with Crippen LogP contribution in [0.4, 0.5) is 4.39 Å². The minimum absolute atomic E-state index is 0.0930. The fraction of sp³-hybridized carbons (Fsp3) is 0.615. The van der Waals surface area contributed by atoms with E-state index < -0.39 is 12.2 Å². The van der Waals surface area contributed by atoms with E-state index in [0.717, 1.165) is 6.20 Å². The monoisotopic (exact) mass is 269 g/mol. The van der Waals surface area contributed by atoms with Gasteiger partial charge in [-0.2, -0.15) is 0 Å². The number of hydrogen-bond acceptors (Lipinski definition) is 5. The van der Waals surface area contributed by atoms with Crippen LogP contribution < -0.4 is 5.73 Å². The maximum Gasteiger partial charge on any atom is 0.141 e. The molecule has 1 aromatic rings. The highest BCUT2D eigenvalue weighted by molar-refractivity contribution is 5.10. The van der Waals surface area contributed by atoms with E-state index in [0.29, 0.717) is 25.3 Å². The Morgan fingerprint density at radius 1 is 1.42 bits per heavy atom. The third-order valence-electron chi connectivity index (χ3n) is 3.59. The molecule has 1 aliphatic rings. The van der Waals surface area contributed by atoms with Crippen molar-refractivity contribution in [2.24, 2.45) is 11.7 Å². The topological polar surface area (TPSA) is 82.6 Å². The molecule has 106 valence electrons. The summed E-state index contributed by atoms with van der Waals surface area (Å²) in [6, 6.07) is 2.64. The van der Waals surface area contributed by atoms with Crippen LogP contribution in [0.5, 0.6) is 0 Å². The van der Waals surface area contributed by atoms with Crippen molar-refractivity contribution in [1.82, 2.24) is 9.88 Å². The van der Waals surface area contributed by atoms with Gasteiger partial charge in [0.2, 0.25) is 0 Å². The SMILES string of the molecule is CC(CN1CC(O)C(O)C1)C(N)c1ccc(F)cn1. The van der Waals surface area contributed by atoms with Gasteiger partial charge in [0, 0.05) is 19.6 Å². The van der Waals surface area contributed by atoms with Crippen LogP contribution in [-0.2, 0) is 0 Å². The van der Waals surface area contributed by atoms with Gasteiger partial charge in [0.15, 0.2) is 0 Å². The highest BCUT2D eigenvalue weighted by atomic mass is 19.1. The molecule has 0 amide bonds. The van der Waals surface area contributed by atoms with Crippen LogP contribution >= 0.6 is 0 Å². The lowest BCUT2D eigenvalue weighted by atomic mass is 9.99. The molecule has 0 radical (unpaired) electrons. The minimum Gasteiger partial charge on any atom is -0.389 e. The fourth-order valence-electron chi connectivity index (χ4n) is 2.39. The molecule has 0 bridgehead atoms. The lowest BCUT2D eigenvalue weighted by Gasteiger charge is -2.24. The first-order valence-electron chi connectivity index (χ1n) is 6.43. The number of hydrogen-bond donors (Lipinski definition) is 3. The average Bonchev–Trinajstić information content (AvgIpc) is 2.68. The first-order chi connectivity index (χ1) is 8.97. The number of likely N-dealkylation sites (tertiary alicyclic amines) is 1. The van der Waals surface area contributed by atoms with Crippen LogP contribution in [0.25, 0.3) is 0 Å². The van der Waals surface area contributed by atoms with E-state index >= 15 is 0 Å². The fourth-order valence-corrected chi connectivity index (χ4v) is 2.39. The third kappa shape index (κ3) is 3.48. The summed E-state index contributed by atoms with van der Waals surface area (Å²) in [4.78, 5) is 5.96. The van der Waals surface area contributed by atoms with E-state index in [1.807, 2.05) is 11.8 Å². The number of β-amino-alcohol motifs (C(OH)–C–C–N with tert-alkyl or cyclic N) is 2. The highest BCUT2D eigenvalue weighted by Crippen LogP contribution is 2.20. The maximum atomic E-state index is 12.8. The Labute approximate surface area is 111 Å². The van der Waals surface area contributed by atoms with Gasteiger partial charge in [0.05, 0.1) is 30.1 Å². The normalized spacial score (nSPS) is 27.4. The van der Waals surface area contributed by atoms with E-state index in [9.17, 15) is 14.6 Å². The number of pyridine rings is 1. The minimum atomic E-state index is -0.688. The summed E-state index contributed by atoms with van der Waals surface area (Å²) in [7, 11) is 0. The van der Waals surface area contributed by atoms with Gasteiger partial charge in [0.25, 0.3) is 0 Å². The van der Waals surface area contributed by atoms with Gasteiger partial charge in [-0.05, 0) is 18.1 Å². The van der Waals surface area contributed by atoms with Gasteiger partial charge in [-0.25, -0.2) is 4.39 Å². The summed E-state index contributed by atoms with van der Waals surface area (Å²) in [5.74, 6) is -0.287. The first-order valence-corrected chi connectivity index (χ1v) is 6.43. The van der Waals surface area contributed by atoms with Gasteiger partial charge >= 0.3 is 0 Å². The number of aliphatic hydroxyl groups excluding tert-OH is 2. The molecule has 2 heterocycles. The van der Waals surface area contributed by atoms with E-state index in [1.165, 1.54) is 6.07 Å². The van der Waals surface area contributed by atoms with E-state index in [2.05, 4.69) is 4.98 Å². The average molecular weight is 269 g/mol. The van der Waals surface area contributed by atoms with Crippen LogP contribution in [0.2, 0.25) is 0 Å². The molecule has 0 saturated carbocycles. The molecule has 2 rings (SSSR count). The van der Waals surface area contributed by atoms with Gasteiger partial charge in [-0.1, -0.05) is 6.92 Å². The molecule has 0 aromatic carbocycles. The molecule has 1 saturated heterocycles. The Kier molecular flexibility index (Phi) is 4.46. The van der Waals surface area contributed by atoms with Gasteiger partial charge in [-0.3, -0.25) is 9.88 Å². The van der Waals surface area contributed by atoms with E-state index in [1.54, 1.807) is 6.07 Å². The number of rotatable bonds is 4. The summed E-state index contributed by atoms with van der Waals surface area (Å²) < 4.78 is 12.8. The van der Waals surface area contributed by atoms with Crippen LogP contribution in [0.3, 0.4) is 0 Å². The summed E-state index contributed by atoms with van der Waals surface area (Å²) in [6.07, 6.45) is -0.217. The third-order valence-corrected chi connectivity index (χ3v) is 3.59. The Morgan fingerprint density at radius 3 is 2.58 bits per heavy atom. The maximum absolute atomic E-state index is 12.8. The molecule has 1 aliphatic heterocycles. The zero-order valence-electron chi connectivity index (χ0n) is 10.9. The molecular formula is C13H20FN3O2. The standard InChI is InChI=1S/C13H20FN3O2/c1-8(5-17-6-11(18)12(19)7-17)13(15)10-3-2-9(14)4-16-10/h2-4,8,11-13,18-19H,5-7,15H2,1H3. The van der Waals surface area contributed by atoms with Crippen LogP contribution in [-0.4, -0.2) is 51.9 Å². The second-order valence-electron chi connectivity index (χ2n) is 5.26. The molecule has 1 aromatic heterocycles. The van der Waals surface area contributed by atoms with Crippen molar-refractivity contribution in [2.75, 3.05) is 19.6 Å². The lowest BCUT2D eigenvalue weighted by Crippen LogP contribution is -2.33. The van der Waals surface area contributed by atoms with Crippen molar-refractivity contribution >= 4 is 0 Å². The number of halogens is 1. The van der Waals surface area contributed by atoms with Crippen molar-refractivity contribution in [3.8, 4) is 0 Å². The zero-order valence-corrected chi connectivity index (χ0v) is 10.9. The van der Waals surface area contributed by atoms with Crippen LogP contribution in [0.15, 0.2) is 18.3 Å². The smallest absolute Gasteiger partial charge is 0.141 e. The Balaban J connectivity index is 1.92. The first kappa shape index (κ1) is 14.3. The molecule has 0 spiro atoms. The van der Waals surface area contributed by atoms with Gasteiger partial charge < -0.3 is 15.9 Å². The summed E-state index contributed by atoms with van der Waals surface area (Å²) in [6.45, 7) is 3.55. The second kappa shape index (κ2) is 5.92. The van der Waals surface area contributed by atoms with Crippen molar-refractivity contribution in [3.63, 3.8) is 0 Å². The Bertz CT molecular complexity index is 405. The molecule has 0 aliphatic carbocycles. The second-order valence-corrected chi connectivity index (χ2v) is 5.26. The van der Waals surface area contributed by atoms with Crippen molar-refractivity contribution in [1.29, 1.82) is 0 Å². The molecule has 19 heavy (non-hydrogen) atoms. The van der Waals surface area contributed by atoms with Gasteiger partial charge in [0.1, 0.15) is 5.82 Å². The number of aromatic nitrogens is 1. The van der Waals surface area contributed by atoms with E-state index in [4.69, 9.17) is 5.73 Å². The van der Waals surface area contributed by atoms with Crippen LogP contribution in [0, 0.1) is 11.7 Å². The molecule has 6 heteroatoms. The zero-order chi connectivity index (χ0) is 14.0. The Morgan fingerprint density at radius 2 is 2.05 bits per heavy atom. The molecular weight excluding hydrogens is 249 g/mol. The number of nitrogens with zero attached hydrogens (tertiary/aromatic N) is 2. The number of aliphatic hydroxyl groups is 2. The summed E-state index contributed by atoms with van der Waals surface area (Å²) in [5.41, 5.74) is 6.75. The summed E-state index contributed by atoms with van der Waals surface area (Å²) >= 11 is 0. The van der Waals surface area contributed by atoms with Crippen molar-refractivity contribution in [2.45, 2.75) is 25.2 Å². The molecule has 5 nitrogen and oxygen atoms in total. The highest BCUT2D eigenvalue weighted by Gasteiger charge is 2.31. The van der Waals surface area contributed by atoms with Crippen molar-refractivity contribution in [3.05, 3.63) is 29.8 Å². The lowest BCUT2D eigenvalue weighted by molar-refractivity contribution is 0.0572. The predicted molar refractivity (Wildman–Crippen MR) is 68.7 cm³/mol. The number of nitrogens with two attached hydrogens (primary N) is 1. The molecule has 1 fully saturated rings. The molecule has 4 N–H and O–H groups in total. The molecule has 4 unspecified atom stereocenters. The van der Waals surface area contributed by atoms with Gasteiger partial charge in [-0.15, -0.1) is 0 Å². The largest absolute Gasteiger partial charge is 0.389 e. The quantitative estimate of drug-likeness (QED) is 0.710. The van der Waals surface area contributed by atoms with E-state index in [-0.39, 0.29) is 17.8 Å². The van der Waals surface area contributed by atoms with Crippen LogP contribution in [0.1, 0.15) is 18.7 Å².